The molecule has 2 nitrogen and oxygen atoms in total. The van der Waals surface area contributed by atoms with Crippen molar-refractivity contribution in [2.45, 2.75) is 57.7 Å². The van der Waals surface area contributed by atoms with Crippen molar-refractivity contribution >= 4 is 0 Å². The molecule has 0 bridgehead atoms. The molecule has 0 aliphatic heterocycles. The largest absolute Gasteiger partial charge is 0.312 e. The maximum atomic E-state index is 3.67. The highest BCUT2D eigenvalue weighted by Gasteiger charge is 2.31. The summed E-state index contributed by atoms with van der Waals surface area (Å²) < 4.78 is 0. The standard InChI is InChI=1S/C12H24N2/c1-9(14(3)12-6-7-12)8-13-10(2)11-4-5-11/h9-13H,4-8H2,1-3H3. The third kappa shape index (κ3) is 2.71. The van der Waals surface area contributed by atoms with E-state index in [0.29, 0.717) is 6.04 Å². The first-order chi connectivity index (χ1) is 6.68. The Morgan fingerprint density at radius 2 is 1.86 bits per heavy atom. The SMILES string of the molecule is CC(NCC(C)N(C)C1CC1)C1CC1. The van der Waals surface area contributed by atoms with Crippen LogP contribution in [0.2, 0.25) is 0 Å². The van der Waals surface area contributed by atoms with Crippen LogP contribution in [0.15, 0.2) is 0 Å². The van der Waals surface area contributed by atoms with Crippen molar-refractivity contribution in [1.29, 1.82) is 0 Å². The summed E-state index contributed by atoms with van der Waals surface area (Å²) in [5.74, 6) is 0.980. The second-order valence-corrected chi connectivity index (χ2v) is 5.28. The highest BCUT2D eigenvalue weighted by Crippen LogP contribution is 2.32. The summed E-state index contributed by atoms with van der Waals surface area (Å²) in [5.41, 5.74) is 0. The monoisotopic (exact) mass is 196 g/mol. The summed E-state index contributed by atoms with van der Waals surface area (Å²) in [6, 6.07) is 2.33. The lowest BCUT2D eigenvalue weighted by atomic mass is 10.2. The van der Waals surface area contributed by atoms with Crippen molar-refractivity contribution in [2.75, 3.05) is 13.6 Å². The number of nitrogens with one attached hydrogen (secondary N) is 1. The minimum atomic E-state index is 0.698. The molecule has 0 spiro atoms. The zero-order valence-corrected chi connectivity index (χ0v) is 9.79. The first kappa shape index (κ1) is 10.4. The molecule has 2 atom stereocenters. The zero-order valence-electron chi connectivity index (χ0n) is 9.79. The van der Waals surface area contributed by atoms with Gasteiger partial charge in [-0.15, -0.1) is 0 Å². The molecule has 2 aliphatic carbocycles. The van der Waals surface area contributed by atoms with E-state index < -0.39 is 0 Å². The fourth-order valence-corrected chi connectivity index (χ4v) is 2.11. The van der Waals surface area contributed by atoms with E-state index in [9.17, 15) is 0 Å². The second-order valence-electron chi connectivity index (χ2n) is 5.28. The van der Waals surface area contributed by atoms with Crippen LogP contribution >= 0.6 is 0 Å². The fraction of sp³-hybridized carbons (Fsp3) is 1.00. The van der Waals surface area contributed by atoms with E-state index in [1.54, 1.807) is 0 Å². The van der Waals surface area contributed by atoms with Crippen molar-refractivity contribution in [2.24, 2.45) is 5.92 Å². The van der Waals surface area contributed by atoms with Crippen molar-refractivity contribution < 1.29 is 0 Å². The van der Waals surface area contributed by atoms with E-state index in [1.807, 2.05) is 0 Å². The minimum Gasteiger partial charge on any atom is -0.312 e. The maximum absolute atomic E-state index is 3.67. The number of hydrogen-bond donors (Lipinski definition) is 1. The molecule has 0 amide bonds. The third-order valence-corrected chi connectivity index (χ3v) is 3.88. The van der Waals surface area contributed by atoms with Gasteiger partial charge in [0.25, 0.3) is 0 Å². The van der Waals surface area contributed by atoms with Gasteiger partial charge in [-0.2, -0.15) is 0 Å². The highest BCUT2D eigenvalue weighted by atomic mass is 15.2. The topological polar surface area (TPSA) is 15.3 Å². The first-order valence-corrected chi connectivity index (χ1v) is 6.14. The predicted molar refractivity (Wildman–Crippen MR) is 60.4 cm³/mol. The molecule has 0 saturated heterocycles. The summed E-state index contributed by atoms with van der Waals surface area (Å²) >= 11 is 0. The lowest BCUT2D eigenvalue weighted by molar-refractivity contribution is 0.234. The van der Waals surface area contributed by atoms with Gasteiger partial charge in [-0.3, -0.25) is 4.90 Å². The van der Waals surface area contributed by atoms with Gasteiger partial charge in [-0.25, -0.2) is 0 Å². The zero-order chi connectivity index (χ0) is 10.1. The number of nitrogens with zero attached hydrogens (tertiary/aromatic N) is 1. The Balaban J connectivity index is 1.62. The summed E-state index contributed by atoms with van der Waals surface area (Å²) in [5, 5.41) is 3.67. The van der Waals surface area contributed by atoms with Crippen LogP contribution in [0.25, 0.3) is 0 Å². The Hall–Kier alpha value is -0.0800. The number of hydrogen-bond acceptors (Lipinski definition) is 2. The van der Waals surface area contributed by atoms with E-state index in [-0.39, 0.29) is 0 Å². The third-order valence-electron chi connectivity index (χ3n) is 3.88. The molecule has 14 heavy (non-hydrogen) atoms. The van der Waals surface area contributed by atoms with Gasteiger partial charge in [-0.1, -0.05) is 0 Å². The molecule has 0 aromatic carbocycles. The summed E-state index contributed by atoms with van der Waals surface area (Å²) in [6.07, 6.45) is 5.72. The lowest BCUT2D eigenvalue weighted by Gasteiger charge is -2.26. The Morgan fingerprint density at radius 1 is 1.21 bits per heavy atom. The van der Waals surface area contributed by atoms with Gasteiger partial charge in [0.15, 0.2) is 0 Å². The van der Waals surface area contributed by atoms with Crippen LogP contribution in [0.4, 0.5) is 0 Å². The van der Waals surface area contributed by atoms with E-state index in [1.165, 1.54) is 25.7 Å². The van der Waals surface area contributed by atoms with Gasteiger partial charge in [0.2, 0.25) is 0 Å². The van der Waals surface area contributed by atoms with Crippen molar-refractivity contribution in [3.63, 3.8) is 0 Å². The van der Waals surface area contributed by atoms with Crippen LogP contribution in [0.5, 0.6) is 0 Å². The molecule has 1 N–H and O–H groups in total. The van der Waals surface area contributed by atoms with Gasteiger partial charge in [-0.05, 0) is 52.5 Å². The van der Waals surface area contributed by atoms with Crippen LogP contribution in [0, 0.1) is 5.92 Å². The second kappa shape index (κ2) is 4.19. The predicted octanol–water partition coefficient (Wildman–Crippen LogP) is 1.86. The molecule has 0 aromatic rings. The van der Waals surface area contributed by atoms with Gasteiger partial charge in [0.1, 0.15) is 0 Å². The van der Waals surface area contributed by atoms with E-state index in [4.69, 9.17) is 0 Å². The Bertz CT molecular complexity index is 185. The molecular weight excluding hydrogens is 172 g/mol. The molecule has 0 radical (unpaired) electrons. The molecule has 2 heteroatoms. The van der Waals surface area contributed by atoms with Crippen LogP contribution in [0.1, 0.15) is 39.5 Å². The van der Waals surface area contributed by atoms with E-state index in [2.05, 4.69) is 31.1 Å². The average molecular weight is 196 g/mol. The summed E-state index contributed by atoms with van der Waals surface area (Å²) in [6.45, 7) is 5.83. The summed E-state index contributed by atoms with van der Waals surface area (Å²) in [7, 11) is 2.27. The lowest BCUT2D eigenvalue weighted by Crippen LogP contribution is -2.42. The first-order valence-electron chi connectivity index (χ1n) is 6.14. The molecule has 82 valence electrons. The molecule has 2 rings (SSSR count). The van der Waals surface area contributed by atoms with E-state index in [0.717, 1.165) is 24.5 Å². The molecule has 2 aliphatic rings. The van der Waals surface area contributed by atoms with Crippen molar-refractivity contribution in [3.05, 3.63) is 0 Å². The number of rotatable bonds is 6. The minimum absolute atomic E-state index is 0.698. The van der Waals surface area contributed by atoms with Crippen molar-refractivity contribution in [3.8, 4) is 0 Å². The van der Waals surface area contributed by atoms with Crippen LogP contribution < -0.4 is 5.32 Å². The smallest absolute Gasteiger partial charge is 0.0192 e. The highest BCUT2D eigenvalue weighted by molar-refractivity contribution is 4.88. The average Bonchev–Trinajstić information content (AvgIpc) is 3.05. The Kier molecular flexibility index (Phi) is 3.13. The molecule has 2 fully saturated rings. The summed E-state index contributed by atoms with van der Waals surface area (Å²) in [4.78, 5) is 2.53. The number of likely N-dealkylation sites (N-methyl/N-ethyl adjacent to an activating group) is 1. The van der Waals surface area contributed by atoms with Gasteiger partial charge in [0, 0.05) is 24.7 Å². The molecule has 2 saturated carbocycles. The molecule has 0 heterocycles. The van der Waals surface area contributed by atoms with Gasteiger partial charge >= 0.3 is 0 Å². The van der Waals surface area contributed by atoms with Crippen LogP contribution in [-0.4, -0.2) is 36.6 Å². The van der Waals surface area contributed by atoms with Crippen molar-refractivity contribution in [1.82, 2.24) is 10.2 Å². The normalized spacial score (nSPS) is 26.6. The van der Waals surface area contributed by atoms with Crippen LogP contribution in [-0.2, 0) is 0 Å². The Labute approximate surface area is 88.1 Å². The molecular formula is C12H24N2. The van der Waals surface area contributed by atoms with Crippen LogP contribution in [0.3, 0.4) is 0 Å². The molecule has 2 unspecified atom stereocenters. The maximum Gasteiger partial charge on any atom is 0.0192 e. The molecule has 0 aromatic heterocycles. The quantitative estimate of drug-likeness (QED) is 0.697. The van der Waals surface area contributed by atoms with Gasteiger partial charge in [0.05, 0.1) is 0 Å². The van der Waals surface area contributed by atoms with Gasteiger partial charge < -0.3 is 5.32 Å². The fourth-order valence-electron chi connectivity index (χ4n) is 2.11. The Morgan fingerprint density at radius 3 is 2.36 bits per heavy atom. The van der Waals surface area contributed by atoms with E-state index >= 15 is 0 Å².